The molecule has 2 spiro atoms. The summed E-state index contributed by atoms with van der Waals surface area (Å²) >= 11 is 0. The summed E-state index contributed by atoms with van der Waals surface area (Å²) in [6.07, 6.45) is 9.91. The van der Waals surface area contributed by atoms with E-state index in [9.17, 15) is 19.4 Å². The van der Waals surface area contributed by atoms with Crippen molar-refractivity contribution < 1.29 is 33.6 Å². The van der Waals surface area contributed by atoms with Crippen LogP contribution in [0.1, 0.15) is 126 Å². The number of ether oxygens (including phenoxy) is 3. The maximum atomic E-state index is 14.9. The lowest BCUT2D eigenvalue weighted by Crippen LogP contribution is -2.55. The van der Waals surface area contributed by atoms with Gasteiger partial charge in [0.05, 0.1) is 24.9 Å². The number of aliphatic hydroxyl groups excluding tert-OH is 2. The van der Waals surface area contributed by atoms with E-state index >= 15 is 0 Å². The molecule has 1 heterocycles. The number of fused-ring (bicyclic) bond motifs is 2. The second kappa shape index (κ2) is 10.9. The molecule has 0 aromatic rings. The van der Waals surface area contributed by atoms with Gasteiger partial charge in [-0.25, -0.2) is 4.39 Å². The second-order valence-electron chi connectivity index (χ2n) is 17.1. The zero-order chi connectivity index (χ0) is 31.2. The monoisotopic (exact) mass is 606 g/mol. The number of alkyl halides is 1. The third-order valence-electron chi connectivity index (χ3n) is 14.8. The van der Waals surface area contributed by atoms with Gasteiger partial charge >= 0.3 is 5.97 Å². The summed E-state index contributed by atoms with van der Waals surface area (Å²) in [7, 11) is 0. The number of hydrogen-bond acceptors (Lipinski definition) is 6. The summed E-state index contributed by atoms with van der Waals surface area (Å²) in [4.78, 5) is 11.6. The number of esters is 1. The first-order valence-electron chi connectivity index (χ1n) is 17.6. The minimum atomic E-state index is -1.79. The predicted octanol–water partition coefficient (Wildman–Crippen LogP) is 6.98. The van der Waals surface area contributed by atoms with E-state index < -0.39 is 23.8 Å². The van der Waals surface area contributed by atoms with Crippen molar-refractivity contribution in [1.29, 1.82) is 0 Å². The van der Waals surface area contributed by atoms with Crippen molar-refractivity contribution >= 4 is 5.97 Å². The molecule has 1 aliphatic heterocycles. The molecule has 0 aromatic carbocycles. The highest BCUT2D eigenvalue weighted by molar-refractivity contribution is 5.66. The van der Waals surface area contributed by atoms with Crippen molar-refractivity contribution in [2.45, 2.75) is 162 Å². The Morgan fingerprint density at radius 3 is 2.42 bits per heavy atom. The van der Waals surface area contributed by atoms with E-state index in [1.165, 1.54) is 65.7 Å². The van der Waals surface area contributed by atoms with Crippen molar-refractivity contribution in [2.75, 3.05) is 6.61 Å². The standard InChI is InChI=1S/C36H59FO6/c1-21-35-18-17-34(7)23(9-12-27(40)31(33(5,6)37)42-22(2)38)8-10-25(34)26(35)11-13-28-32(3,4)29(14-16-36(21,28)35)43-30-20-24(39)15-19-41-30/h21,23-31,39-40H,8-20H2,1-7H3/t21-,23?,24?,25?,26?,27+,28?,29?,30?,31-,34?,35?,36?/m0/s1. The molecule has 246 valence electrons. The molecule has 0 radical (unpaired) electrons. The van der Waals surface area contributed by atoms with Gasteiger partial charge in [0.15, 0.2) is 12.4 Å². The molecule has 1 saturated heterocycles. The Morgan fingerprint density at radius 1 is 1.02 bits per heavy atom. The van der Waals surface area contributed by atoms with Crippen LogP contribution in [0.5, 0.6) is 0 Å². The Labute approximate surface area is 259 Å². The number of carbonyl (C=O) groups is 1. The van der Waals surface area contributed by atoms with Gasteiger partial charge in [-0.15, -0.1) is 0 Å². The average molecular weight is 607 g/mol. The van der Waals surface area contributed by atoms with E-state index in [1.54, 1.807) is 0 Å². The van der Waals surface area contributed by atoms with E-state index in [1.807, 2.05) is 0 Å². The van der Waals surface area contributed by atoms with Gasteiger partial charge in [0, 0.05) is 13.3 Å². The summed E-state index contributed by atoms with van der Waals surface area (Å²) in [6, 6.07) is 0. The van der Waals surface area contributed by atoms with Crippen LogP contribution < -0.4 is 0 Å². The number of hydrogen-bond donors (Lipinski definition) is 2. The Hall–Kier alpha value is -0.760. The molecule has 5 saturated carbocycles. The van der Waals surface area contributed by atoms with Crippen molar-refractivity contribution in [1.82, 2.24) is 0 Å². The van der Waals surface area contributed by atoms with Crippen LogP contribution in [0, 0.1) is 51.2 Å². The SMILES string of the molecule is CC(=O)O[C@@H]([C@H](O)CCC1CCC2C3CCC4C(C)(C)C(OC5CC(O)CCO5)CCC45[C@@H](C)C35CCC12C)C(C)(C)F. The lowest BCUT2D eigenvalue weighted by molar-refractivity contribution is -0.248. The van der Waals surface area contributed by atoms with E-state index in [2.05, 4.69) is 27.7 Å². The average Bonchev–Trinajstić information content (AvgIpc) is 3.25. The molecule has 43 heavy (non-hydrogen) atoms. The van der Waals surface area contributed by atoms with Crippen LogP contribution in [0.3, 0.4) is 0 Å². The molecule has 6 nitrogen and oxygen atoms in total. The van der Waals surface area contributed by atoms with Gasteiger partial charge in [0.2, 0.25) is 0 Å². The number of halogens is 1. The molecule has 7 heteroatoms. The van der Waals surface area contributed by atoms with Crippen molar-refractivity contribution in [3.05, 3.63) is 0 Å². The molecule has 13 atom stereocenters. The summed E-state index contributed by atoms with van der Waals surface area (Å²) in [5, 5.41) is 21.2. The number of carbonyl (C=O) groups excluding carboxylic acids is 1. The molecule has 6 rings (SSSR count). The summed E-state index contributed by atoms with van der Waals surface area (Å²) in [5.74, 6) is 2.83. The molecule has 5 aliphatic carbocycles. The molecule has 0 aromatic heterocycles. The fourth-order valence-electron chi connectivity index (χ4n) is 12.8. The highest BCUT2D eigenvalue weighted by atomic mass is 19.1. The van der Waals surface area contributed by atoms with Crippen molar-refractivity contribution in [3.8, 4) is 0 Å². The molecule has 2 N–H and O–H groups in total. The van der Waals surface area contributed by atoms with E-state index in [4.69, 9.17) is 14.2 Å². The van der Waals surface area contributed by atoms with Crippen molar-refractivity contribution in [3.63, 3.8) is 0 Å². The van der Waals surface area contributed by atoms with Gasteiger partial charge in [-0.05, 0) is 136 Å². The Bertz CT molecular complexity index is 1060. The number of rotatable bonds is 8. The highest BCUT2D eigenvalue weighted by Crippen LogP contribution is 2.89. The first-order chi connectivity index (χ1) is 20.1. The van der Waals surface area contributed by atoms with Gasteiger partial charge < -0.3 is 24.4 Å². The van der Waals surface area contributed by atoms with E-state index in [-0.39, 0.29) is 29.3 Å². The van der Waals surface area contributed by atoms with Gasteiger partial charge in [0.1, 0.15) is 5.67 Å². The smallest absolute Gasteiger partial charge is 0.303 e. The first-order valence-corrected chi connectivity index (χ1v) is 17.6. The minimum absolute atomic E-state index is 0.0739. The van der Waals surface area contributed by atoms with Crippen LogP contribution in [0.4, 0.5) is 4.39 Å². The molecular weight excluding hydrogens is 547 g/mol. The molecule has 0 amide bonds. The third-order valence-corrected chi connectivity index (χ3v) is 14.8. The molecule has 6 aliphatic rings. The normalized spacial score (nSPS) is 48.2. The quantitative estimate of drug-likeness (QED) is 0.229. The van der Waals surface area contributed by atoms with Gasteiger partial charge in [-0.1, -0.05) is 27.7 Å². The largest absolute Gasteiger partial charge is 0.456 e. The van der Waals surface area contributed by atoms with Crippen LogP contribution in [0.2, 0.25) is 0 Å². The van der Waals surface area contributed by atoms with Gasteiger partial charge in [-0.3, -0.25) is 4.79 Å². The summed E-state index contributed by atoms with van der Waals surface area (Å²) in [6.45, 7) is 14.6. The van der Waals surface area contributed by atoms with Gasteiger partial charge in [-0.2, -0.15) is 0 Å². The molecular formula is C36H59FO6. The lowest BCUT2D eigenvalue weighted by atomic mass is 9.46. The maximum absolute atomic E-state index is 14.9. The second-order valence-corrected chi connectivity index (χ2v) is 17.1. The van der Waals surface area contributed by atoms with E-state index in [0.29, 0.717) is 54.5 Å². The lowest BCUT2D eigenvalue weighted by Gasteiger charge is -2.60. The van der Waals surface area contributed by atoms with Crippen LogP contribution >= 0.6 is 0 Å². The zero-order valence-corrected chi connectivity index (χ0v) is 27.9. The maximum Gasteiger partial charge on any atom is 0.303 e. The van der Waals surface area contributed by atoms with Crippen LogP contribution in [0.25, 0.3) is 0 Å². The topological polar surface area (TPSA) is 85.2 Å². The highest BCUT2D eigenvalue weighted by Gasteiger charge is 2.84. The summed E-state index contributed by atoms with van der Waals surface area (Å²) in [5.41, 5.74) is -0.617. The third kappa shape index (κ3) is 4.87. The summed E-state index contributed by atoms with van der Waals surface area (Å²) < 4.78 is 32.7. The van der Waals surface area contributed by atoms with Crippen LogP contribution in [-0.4, -0.2) is 59.2 Å². The van der Waals surface area contributed by atoms with E-state index in [0.717, 1.165) is 24.7 Å². The molecule has 6 fully saturated rings. The van der Waals surface area contributed by atoms with Crippen LogP contribution in [-0.2, 0) is 19.0 Å². The Balaban J connectivity index is 1.15. The fraction of sp³-hybridized carbons (Fsp3) is 0.972. The molecule has 0 bridgehead atoms. The first kappa shape index (κ1) is 32.2. The van der Waals surface area contributed by atoms with Gasteiger partial charge in [0.25, 0.3) is 0 Å². The Morgan fingerprint density at radius 2 is 1.74 bits per heavy atom. The Kier molecular flexibility index (Phi) is 8.17. The van der Waals surface area contributed by atoms with Crippen molar-refractivity contribution in [2.24, 2.45) is 51.2 Å². The fourth-order valence-corrected chi connectivity index (χ4v) is 12.8. The predicted molar refractivity (Wildman–Crippen MR) is 163 cm³/mol. The zero-order valence-electron chi connectivity index (χ0n) is 27.9. The molecule has 10 unspecified atom stereocenters. The van der Waals surface area contributed by atoms with Crippen LogP contribution in [0.15, 0.2) is 0 Å². The number of aliphatic hydroxyl groups is 2. The minimum Gasteiger partial charge on any atom is -0.456 e.